The molecule has 0 saturated heterocycles. The minimum absolute atomic E-state index is 0.0587. The van der Waals surface area contributed by atoms with Crippen LogP contribution in [-0.4, -0.2) is 36.3 Å². The highest BCUT2D eigenvalue weighted by atomic mass is 16.6. The van der Waals surface area contributed by atoms with Gasteiger partial charge in [0.15, 0.2) is 11.5 Å². The number of nitro benzene ring substituents is 1. The second kappa shape index (κ2) is 8.37. The van der Waals surface area contributed by atoms with Crippen LogP contribution < -0.4 is 9.47 Å². The molecule has 3 aromatic rings. The Hall–Kier alpha value is -3.81. The van der Waals surface area contributed by atoms with Crippen LogP contribution >= 0.6 is 0 Å². The quantitative estimate of drug-likeness (QED) is 0.313. The smallest absolute Gasteiger partial charge is 0.340 e. The third-order valence-electron chi connectivity index (χ3n) is 5.84. The Bertz CT molecular complexity index is 1230. The normalized spacial score (nSPS) is 12.0. The Kier molecular flexibility index (Phi) is 5.61. The summed E-state index contributed by atoms with van der Waals surface area (Å²) in [5.41, 5.74) is 4.46. The second-order valence-corrected chi connectivity index (χ2v) is 7.44. The molecule has 0 atom stereocenters. The summed E-state index contributed by atoms with van der Waals surface area (Å²) in [7, 11) is 3.14. The zero-order chi connectivity index (χ0) is 23.0. The predicted molar refractivity (Wildman–Crippen MR) is 119 cm³/mol. The van der Waals surface area contributed by atoms with Crippen molar-refractivity contribution in [2.24, 2.45) is 0 Å². The van der Waals surface area contributed by atoms with Crippen molar-refractivity contribution in [1.82, 2.24) is 4.57 Å². The molecule has 0 radical (unpaired) electrons. The Labute approximate surface area is 185 Å². The molecule has 0 N–H and O–H groups in total. The van der Waals surface area contributed by atoms with Gasteiger partial charge in [-0.2, -0.15) is 0 Å². The van der Waals surface area contributed by atoms with Gasteiger partial charge >= 0.3 is 5.97 Å². The van der Waals surface area contributed by atoms with Crippen molar-refractivity contribution in [2.75, 3.05) is 20.8 Å². The molecule has 8 nitrogen and oxygen atoms in total. The van der Waals surface area contributed by atoms with Gasteiger partial charge in [-0.3, -0.25) is 10.1 Å². The van der Waals surface area contributed by atoms with E-state index in [9.17, 15) is 14.9 Å². The lowest BCUT2D eigenvalue weighted by molar-refractivity contribution is -0.384. The van der Waals surface area contributed by atoms with Crippen LogP contribution in [0.4, 0.5) is 5.69 Å². The van der Waals surface area contributed by atoms with E-state index in [-0.39, 0.29) is 12.3 Å². The molecule has 8 heteroatoms. The van der Waals surface area contributed by atoms with E-state index in [1.54, 1.807) is 39.3 Å². The number of hydrogen-bond donors (Lipinski definition) is 0. The van der Waals surface area contributed by atoms with E-state index in [2.05, 4.69) is 0 Å². The van der Waals surface area contributed by atoms with Gasteiger partial charge in [0.05, 0.1) is 42.6 Å². The summed E-state index contributed by atoms with van der Waals surface area (Å²) >= 11 is 0. The molecule has 0 amide bonds. The molecule has 32 heavy (non-hydrogen) atoms. The molecule has 2 heterocycles. The number of aryl methyl sites for hydroxylation is 1. The summed E-state index contributed by atoms with van der Waals surface area (Å²) in [5.74, 6) is 0.639. The first-order valence-electron chi connectivity index (χ1n) is 10.3. The van der Waals surface area contributed by atoms with E-state index in [1.807, 2.05) is 23.6 Å². The van der Waals surface area contributed by atoms with Crippen LogP contribution in [0.3, 0.4) is 0 Å². The third kappa shape index (κ3) is 3.28. The van der Waals surface area contributed by atoms with Crippen molar-refractivity contribution in [3.63, 3.8) is 0 Å². The topological polar surface area (TPSA) is 92.8 Å². The molecule has 1 aliphatic heterocycles. The maximum Gasteiger partial charge on any atom is 0.340 e. The fourth-order valence-electron chi connectivity index (χ4n) is 4.45. The largest absolute Gasteiger partial charge is 0.493 e. The van der Waals surface area contributed by atoms with Crippen LogP contribution in [0.25, 0.3) is 22.4 Å². The SMILES string of the molecule is CCOC(=O)c1c(-c2ccccc2[N+](=O)[O-])c(C)n2c1-c1cc(OC)c(OC)cc1CC2. The number of fused-ring (bicyclic) bond motifs is 3. The van der Waals surface area contributed by atoms with Gasteiger partial charge in [0, 0.05) is 29.4 Å². The van der Waals surface area contributed by atoms with Crippen molar-refractivity contribution in [3.8, 4) is 33.9 Å². The molecule has 2 aromatic carbocycles. The maximum absolute atomic E-state index is 13.2. The third-order valence-corrected chi connectivity index (χ3v) is 5.84. The fourth-order valence-corrected chi connectivity index (χ4v) is 4.45. The van der Waals surface area contributed by atoms with Crippen LogP contribution in [0.5, 0.6) is 11.5 Å². The number of hydrogen-bond acceptors (Lipinski definition) is 6. The van der Waals surface area contributed by atoms with Crippen LogP contribution in [-0.2, 0) is 17.7 Å². The number of ether oxygens (including phenoxy) is 3. The van der Waals surface area contributed by atoms with E-state index in [1.165, 1.54) is 6.07 Å². The highest BCUT2D eigenvalue weighted by Crippen LogP contribution is 2.46. The van der Waals surface area contributed by atoms with Crippen molar-refractivity contribution < 1.29 is 23.9 Å². The van der Waals surface area contributed by atoms with E-state index in [0.717, 1.165) is 23.2 Å². The first-order valence-corrected chi connectivity index (χ1v) is 10.3. The van der Waals surface area contributed by atoms with Gasteiger partial charge in [-0.15, -0.1) is 0 Å². The number of aromatic nitrogens is 1. The predicted octanol–water partition coefficient (Wildman–Crippen LogP) is 4.79. The average molecular weight is 436 g/mol. The lowest BCUT2D eigenvalue weighted by Gasteiger charge is -2.23. The fraction of sp³-hybridized carbons (Fsp3) is 0.292. The van der Waals surface area contributed by atoms with Gasteiger partial charge in [0.25, 0.3) is 5.69 Å². The minimum Gasteiger partial charge on any atom is -0.493 e. The zero-order valence-electron chi connectivity index (χ0n) is 18.4. The van der Waals surface area contributed by atoms with Gasteiger partial charge < -0.3 is 18.8 Å². The summed E-state index contributed by atoms with van der Waals surface area (Å²) in [6.45, 7) is 4.43. The molecular formula is C24H24N2O6. The van der Waals surface area contributed by atoms with Crippen molar-refractivity contribution in [1.29, 1.82) is 0 Å². The molecule has 166 valence electrons. The highest BCUT2D eigenvalue weighted by Gasteiger charge is 2.34. The van der Waals surface area contributed by atoms with Crippen molar-refractivity contribution in [2.45, 2.75) is 26.8 Å². The molecule has 0 spiro atoms. The van der Waals surface area contributed by atoms with Gasteiger partial charge in [0.2, 0.25) is 0 Å². The van der Waals surface area contributed by atoms with Gasteiger partial charge in [0.1, 0.15) is 0 Å². The summed E-state index contributed by atoms with van der Waals surface area (Å²) in [4.78, 5) is 24.6. The number of carbonyl (C=O) groups is 1. The number of carbonyl (C=O) groups excluding carboxylic acids is 1. The van der Waals surface area contributed by atoms with Crippen LogP contribution in [0, 0.1) is 17.0 Å². The van der Waals surface area contributed by atoms with Gasteiger partial charge in [-0.05, 0) is 44.0 Å². The number of benzene rings is 2. The second-order valence-electron chi connectivity index (χ2n) is 7.44. The summed E-state index contributed by atoms with van der Waals surface area (Å²) in [6, 6.07) is 10.2. The van der Waals surface area contributed by atoms with Crippen LogP contribution in [0.1, 0.15) is 28.5 Å². The molecule has 0 aliphatic carbocycles. The number of rotatable bonds is 6. The molecule has 0 saturated carbocycles. The Morgan fingerprint density at radius 1 is 1.12 bits per heavy atom. The summed E-state index contributed by atoms with van der Waals surface area (Å²) in [5, 5.41) is 11.8. The Morgan fingerprint density at radius 3 is 2.47 bits per heavy atom. The molecule has 0 bridgehead atoms. The molecule has 0 unspecified atom stereocenters. The summed E-state index contributed by atoms with van der Waals surface area (Å²) in [6.07, 6.45) is 0.719. The standard InChI is InChI=1S/C24H24N2O6/c1-5-32-24(27)22-21(16-8-6-7-9-18(16)26(28)29)14(2)25-11-10-15-12-19(30-3)20(31-4)13-17(15)23(22)25/h6-9,12-13H,5,10-11H2,1-4H3. The maximum atomic E-state index is 13.2. The number of para-hydroxylation sites is 1. The van der Waals surface area contributed by atoms with Crippen LogP contribution in [0.15, 0.2) is 36.4 Å². The van der Waals surface area contributed by atoms with E-state index < -0.39 is 10.9 Å². The number of esters is 1. The lowest BCUT2D eigenvalue weighted by atomic mass is 9.93. The number of nitro groups is 1. The molecular weight excluding hydrogens is 412 g/mol. The Morgan fingerprint density at radius 2 is 1.81 bits per heavy atom. The zero-order valence-corrected chi connectivity index (χ0v) is 18.4. The molecule has 1 aromatic heterocycles. The number of methoxy groups -OCH3 is 2. The van der Waals surface area contributed by atoms with Gasteiger partial charge in [-0.1, -0.05) is 12.1 Å². The first-order chi connectivity index (χ1) is 15.4. The Balaban J connectivity index is 2.08. The van der Waals surface area contributed by atoms with Gasteiger partial charge in [-0.25, -0.2) is 4.79 Å². The van der Waals surface area contributed by atoms with E-state index in [0.29, 0.717) is 40.4 Å². The van der Waals surface area contributed by atoms with Crippen molar-refractivity contribution >= 4 is 11.7 Å². The molecule has 1 aliphatic rings. The first kappa shape index (κ1) is 21.4. The van der Waals surface area contributed by atoms with Crippen LogP contribution in [0.2, 0.25) is 0 Å². The van der Waals surface area contributed by atoms with Crippen molar-refractivity contribution in [3.05, 3.63) is 63.3 Å². The minimum atomic E-state index is -0.514. The van der Waals surface area contributed by atoms with E-state index in [4.69, 9.17) is 14.2 Å². The average Bonchev–Trinajstić information content (AvgIpc) is 3.10. The lowest BCUT2D eigenvalue weighted by Crippen LogP contribution is -2.15. The monoisotopic (exact) mass is 436 g/mol. The highest BCUT2D eigenvalue weighted by molar-refractivity contribution is 6.06. The molecule has 0 fully saturated rings. The number of nitrogens with zero attached hydrogens (tertiary/aromatic N) is 2. The van der Waals surface area contributed by atoms with E-state index >= 15 is 0 Å². The summed E-state index contributed by atoms with van der Waals surface area (Å²) < 4.78 is 18.4. The molecule has 4 rings (SSSR count).